The number of nitrogens with one attached hydrogen (secondary N) is 1. The van der Waals surface area contributed by atoms with Crippen molar-refractivity contribution in [2.45, 2.75) is 49.6 Å². The van der Waals surface area contributed by atoms with Crippen LogP contribution in [-0.4, -0.2) is 55.2 Å². The van der Waals surface area contributed by atoms with Gasteiger partial charge in [-0.1, -0.05) is 0 Å². The van der Waals surface area contributed by atoms with Gasteiger partial charge in [0.15, 0.2) is 0 Å². The van der Waals surface area contributed by atoms with Gasteiger partial charge in [0.1, 0.15) is 0 Å². The third kappa shape index (κ3) is 2.64. The van der Waals surface area contributed by atoms with Crippen molar-refractivity contribution in [3.63, 3.8) is 0 Å². The number of fused-ring (bicyclic) bond motifs is 2. The molecule has 1 N–H and O–H groups in total. The number of sulfonamides is 1. The summed E-state index contributed by atoms with van der Waals surface area (Å²) in [7, 11) is -3.50. The second kappa shape index (κ2) is 5.82. The molecule has 0 radical (unpaired) electrons. The number of amides is 1. The number of hydrogen-bond donors (Lipinski definition) is 1. The quantitative estimate of drug-likeness (QED) is 0.877. The summed E-state index contributed by atoms with van der Waals surface area (Å²) >= 11 is 0. The third-order valence-corrected chi connectivity index (χ3v) is 7.43. The Morgan fingerprint density at radius 1 is 1.21 bits per heavy atom. The Morgan fingerprint density at radius 3 is 2.88 bits per heavy atom. The van der Waals surface area contributed by atoms with Crippen LogP contribution in [0.5, 0.6) is 0 Å². The van der Waals surface area contributed by atoms with Crippen LogP contribution in [0.1, 0.15) is 31.7 Å². The van der Waals surface area contributed by atoms with Crippen molar-refractivity contribution in [3.05, 3.63) is 23.8 Å². The lowest BCUT2D eigenvalue weighted by atomic mass is 10.0. The van der Waals surface area contributed by atoms with Crippen LogP contribution in [0.25, 0.3) is 0 Å². The van der Waals surface area contributed by atoms with Crippen LogP contribution in [0, 0.1) is 0 Å². The SMILES string of the molecule is CC1CN2CCCC2CN1S(=O)(=O)c1ccc2c(c1)CCC(=O)N2. The molecule has 0 spiro atoms. The van der Waals surface area contributed by atoms with Gasteiger partial charge in [-0.25, -0.2) is 8.42 Å². The maximum atomic E-state index is 13.2. The Labute approximate surface area is 142 Å². The Hall–Kier alpha value is -1.44. The maximum Gasteiger partial charge on any atom is 0.243 e. The zero-order chi connectivity index (χ0) is 16.9. The van der Waals surface area contributed by atoms with Gasteiger partial charge in [0, 0.05) is 37.3 Å². The number of anilines is 1. The van der Waals surface area contributed by atoms with E-state index in [-0.39, 0.29) is 11.9 Å². The van der Waals surface area contributed by atoms with Crippen LogP contribution in [0.3, 0.4) is 0 Å². The second-order valence-electron chi connectivity index (χ2n) is 7.08. The standard InChI is InChI=1S/C17H23N3O3S/c1-12-10-19-8-2-3-14(19)11-20(12)24(22,23)15-5-6-16-13(9-15)4-7-17(21)18-16/h5-6,9,12,14H,2-4,7-8,10-11H2,1H3,(H,18,21). The van der Waals surface area contributed by atoms with E-state index in [0.717, 1.165) is 37.2 Å². The molecular formula is C17H23N3O3S. The molecule has 3 heterocycles. The lowest BCUT2D eigenvalue weighted by Crippen LogP contribution is -2.56. The Bertz CT molecular complexity index is 777. The number of carbonyl (C=O) groups is 1. The molecule has 2 saturated heterocycles. The van der Waals surface area contributed by atoms with Crippen molar-refractivity contribution in [1.29, 1.82) is 0 Å². The zero-order valence-electron chi connectivity index (χ0n) is 13.9. The van der Waals surface area contributed by atoms with Crippen LogP contribution < -0.4 is 5.32 Å². The van der Waals surface area contributed by atoms with E-state index in [1.807, 2.05) is 6.92 Å². The maximum absolute atomic E-state index is 13.2. The summed E-state index contributed by atoms with van der Waals surface area (Å²) in [5, 5.41) is 2.80. The van der Waals surface area contributed by atoms with Gasteiger partial charge in [-0.2, -0.15) is 4.31 Å². The van der Waals surface area contributed by atoms with Crippen molar-refractivity contribution in [2.24, 2.45) is 0 Å². The minimum absolute atomic E-state index is 0.0101. The highest BCUT2D eigenvalue weighted by molar-refractivity contribution is 7.89. The first-order valence-corrected chi connectivity index (χ1v) is 10.1. The molecule has 2 atom stereocenters. The van der Waals surface area contributed by atoms with Gasteiger partial charge in [0.05, 0.1) is 4.90 Å². The van der Waals surface area contributed by atoms with Crippen LogP contribution >= 0.6 is 0 Å². The van der Waals surface area contributed by atoms with E-state index >= 15 is 0 Å². The molecule has 2 unspecified atom stereocenters. The lowest BCUT2D eigenvalue weighted by molar-refractivity contribution is -0.116. The molecule has 3 aliphatic heterocycles. The van der Waals surface area contributed by atoms with Crippen molar-refractivity contribution >= 4 is 21.6 Å². The molecule has 1 amide bonds. The predicted molar refractivity (Wildman–Crippen MR) is 91.3 cm³/mol. The monoisotopic (exact) mass is 349 g/mol. The first-order chi connectivity index (χ1) is 11.4. The van der Waals surface area contributed by atoms with Crippen LogP contribution in [-0.2, 0) is 21.2 Å². The van der Waals surface area contributed by atoms with Crippen molar-refractivity contribution in [3.8, 4) is 0 Å². The molecule has 0 saturated carbocycles. The number of carbonyl (C=O) groups excluding carboxylic acids is 1. The van der Waals surface area contributed by atoms with Gasteiger partial charge in [0.25, 0.3) is 0 Å². The number of rotatable bonds is 2. The number of aryl methyl sites for hydroxylation is 1. The predicted octanol–water partition coefficient (Wildman–Crippen LogP) is 1.43. The van der Waals surface area contributed by atoms with Crippen LogP contribution in [0.15, 0.2) is 23.1 Å². The molecule has 7 heteroatoms. The zero-order valence-corrected chi connectivity index (χ0v) is 14.7. The van der Waals surface area contributed by atoms with Gasteiger partial charge in [0.2, 0.25) is 15.9 Å². The smallest absolute Gasteiger partial charge is 0.243 e. The Balaban J connectivity index is 1.64. The minimum Gasteiger partial charge on any atom is -0.326 e. The number of hydrogen-bond acceptors (Lipinski definition) is 4. The normalized spacial score (nSPS) is 28.3. The van der Waals surface area contributed by atoms with Gasteiger partial charge in [-0.3, -0.25) is 9.69 Å². The Morgan fingerprint density at radius 2 is 2.04 bits per heavy atom. The molecule has 3 aliphatic rings. The molecule has 0 bridgehead atoms. The fraction of sp³-hybridized carbons (Fsp3) is 0.588. The van der Waals surface area contributed by atoms with E-state index < -0.39 is 10.0 Å². The molecule has 6 nitrogen and oxygen atoms in total. The van der Waals surface area contributed by atoms with Gasteiger partial charge >= 0.3 is 0 Å². The molecule has 0 aromatic heterocycles. The third-order valence-electron chi connectivity index (χ3n) is 5.46. The summed E-state index contributed by atoms with van der Waals surface area (Å²) in [6, 6.07) is 5.41. The van der Waals surface area contributed by atoms with Crippen LogP contribution in [0.2, 0.25) is 0 Å². The fourth-order valence-electron chi connectivity index (χ4n) is 4.15. The van der Waals surface area contributed by atoms with E-state index in [1.165, 1.54) is 0 Å². The van der Waals surface area contributed by atoms with Crippen molar-refractivity contribution in [1.82, 2.24) is 9.21 Å². The summed E-state index contributed by atoms with van der Waals surface area (Å²) < 4.78 is 28.0. The van der Waals surface area contributed by atoms with Gasteiger partial charge in [-0.05, 0) is 56.5 Å². The van der Waals surface area contributed by atoms with E-state index in [2.05, 4.69) is 10.2 Å². The number of benzene rings is 1. The Kier molecular flexibility index (Phi) is 3.89. The van der Waals surface area contributed by atoms with Crippen LogP contribution in [0.4, 0.5) is 5.69 Å². The molecule has 2 fully saturated rings. The largest absolute Gasteiger partial charge is 0.326 e. The highest BCUT2D eigenvalue weighted by Gasteiger charge is 2.40. The molecule has 24 heavy (non-hydrogen) atoms. The summed E-state index contributed by atoms with van der Waals surface area (Å²) in [5.41, 5.74) is 1.64. The fourth-order valence-corrected chi connectivity index (χ4v) is 5.86. The lowest BCUT2D eigenvalue weighted by Gasteiger charge is -2.41. The summed E-state index contributed by atoms with van der Waals surface area (Å²) in [4.78, 5) is 14.2. The minimum atomic E-state index is -3.50. The van der Waals surface area contributed by atoms with Gasteiger partial charge in [-0.15, -0.1) is 0 Å². The average molecular weight is 349 g/mol. The molecule has 1 aromatic rings. The first kappa shape index (κ1) is 16.1. The number of piperazine rings is 1. The number of nitrogens with zero attached hydrogens (tertiary/aromatic N) is 2. The second-order valence-corrected chi connectivity index (χ2v) is 8.97. The molecule has 0 aliphatic carbocycles. The summed E-state index contributed by atoms with van der Waals surface area (Å²) in [6.07, 6.45) is 3.24. The van der Waals surface area contributed by atoms with Crippen molar-refractivity contribution in [2.75, 3.05) is 25.0 Å². The molecule has 1 aromatic carbocycles. The summed E-state index contributed by atoms with van der Waals surface area (Å²) in [6.45, 7) is 4.47. The topological polar surface area (TPSA) is 69.7 Å². The summed E-state index contributed by atoms with van der Waals surface area (Å²) in [5.74, 6) is -0.0101. The van der Waals surface area contributed by atoms with Crippen molar-refractivity contribution < 1.29 is 13.2 Å². The van der Waals surface area contributed by atoms with E-state index in [9.17, 15) is 13.2 Å². The highest BCUT2D eigenvalue weighted by Crippen LogP contribution is 2.31. The highest BCUT2D eigenvalue weighted by atomic mass is 32.2. The van der Waals surface area contributed by atoms with E-state index in [1.54, 1.807) is 22.5 Å². The molecule has 130 valence electrons. The first-order valence-electron chi connectivity index (χ1n) is 8.64. The van der Waals surface area contributed by atoms with E-state index in [0.29, 0.717) is 30.3 Å². The average Bonchev–Trinajstić information content (AvgIpc) is 3.00. The van der Waals surface area contributed by atoms with E-state index in [4.69, 9.17) is 0 Å². The van der Waals surface area contributed by atoms with Gasteiger partial charge < -0.3 is 5.32 Å². The molecular weight excluding hydrogens is 326 g/mol. The molecule has 4 rings (SSSR count).